The standard InChI is InChI=1S/C10H19NO/c1-8(2)11-7-5-6-9(3)10(4)12/h9,11H,1,5-7H2,2-4H3. The fourth-order valence-electron chi connectivity index (χ4n) is 0.913. The summed E-state index contributed by atoms with van der Waals surface area (Å²) in [6, 6.07) is 0. The fraction of sp³-hybridized carbons (Fsp3) is 0.700. The molecule has 0 aromatic heterocycles. The molecular formula is C10H19NO. The van der Waals surface area contributed by atoms with Crippen LogP contribution in [-0.4, -0.2) is 12.3 Å². The van der Waals surface area contributed by atoms with Gasteiger partial charge < -0.3 is 5.32 Å². The van der Waals surface area contributed by atoms with Gasteiger partial charge in [-0.1, -0.05) is 13.5 Å². The van der Waals surface area contributed by atoms with E-state index in [2.05, 4.69) is 11.9 Å². The highest BCUT2D eigenvalue weighted by molar-refractivity contribution is 5.77. The van der Waals surface area contributed by atoms with Gasteiger partial charge >= 0.3 is 0 Å². The molecule has 1 N–H and O–H groups in total. The molecule has 0 fully saturated rings. The molecule has 0 aromatic rings. The second-order valence-electron chi connectivity index (χ2n) is 3.36. The Balaban J connectivity index is 3.31. The molecular weight excluding hydrogens is 150 g/mol. The smallest absolute Gasteiger partial charge is 0.132 e. The van der Waals surface area contributed by atoms with E-state index in [1.165, 1.54) is 0 Å². The summed E-state index contributed by atoms with van der Waals surface area (Å²) in [6.07, 6.45) is 2.00. The van der Waals surface area contributed by atoms with Crippen molar-refractivity contribution in [3.05, 3.63) is 12.3 Å². The maximum absolute atomic E-state index is 10.8. The van der Waals surface area contributed by atoms with Gasteiger partial charge in [0.1, 0.15) is 5.78 Å². The summed E-state index contributed by atoms with van der Waals surface area (Å²) in [5.41, 5.74) is 0.991. The first-order valence-electron chi connectivity index (χ1n) is 4.44. The second-order valence-corrected chi connectivity index (χ2v) is 3.36. The molecule has 0 bridgehead atoms. The molecule has 0 saturated heterocycles. The molecule has 0 heterocycles. The van der Waals surface area contributed by atoms with Gasteiger partial charge in [-0.2, -0.15) is 0 Å². The SMILES string of the molecule is C=C(C)NCCCC(C)C(C)=O. The molecule has 0 saturated carbocycles. The minimum atomic E-state index is 0.205. The molecule has 12 heavy (non-hydrogen) atoms. The number of ketones is 1. The molecule has 0 radical (unpaired) electrons. The number of rotatable bonds is 6. The van der Waals surface area contributed by atoms with Crippen LogP contribution >= 0.6 is 0 Å². The van der Waals surface area contributed by atoms with Gasteiger partial charge in [-0.05, 0) is 26.7 Å². The molecule has 2 nitrogen and oxygen atoms in total. The van der Waals surface area contributed by atoms with Crippen molar-refractivity contribution in [2.24, 2.45) is 5.92 Å². The van der Waals surface area contributed by atoms with E-state index in [1.807, 2.05) is 13.8 Å². The Kier molecular flexibility index (Phi) is 5.43. The predicted molar refractivity (Wildman–Crippen MR) is 51.9 cm³/mol. The third-order valence-corrected chi connectivity index (χ3v) is 1.93. The number of hydrogen-bond donors (Lipinski definition) is 1. The Morgan fingerprint density at radius 2 is 2.08 bits per heavy atom. The van der Waals surface area contributed by atoms with E-state index in [4.69, 9.17) is 0 Å². The molecule has 0 amide bonds. The monoisotopic (exact) mass is 169 g/mol. The topological polar surface area (TPSA) is 29.1 Å². The van der Waals surface area contributed by atoms with E-state index < -0.39 is 0 Å². The molecule has 1 unspecified atom stereocenters. The van der Waals surface area contributed by atoms with Crippen LogP contribution in [0.5, 0.6) is 0 Å². The van der Waals surface area contributed by atoms with Crippen molar-refractivity contribution in [2.45, 2.75) is 33.6 Å². The van der Waals surface area contributed by atoms with Crippen LogP contribution in [0.1, 0.15) is 33.6 Å². The van der Waals surface area contributed by atoms with Crippen molar-refractivity contribution in [3.63, 3.8) is 0 Å². The van der Waals surface area contributed by atoms with Crippen molar-refractivity contribution in [1.29, 1.82) is 0 Å². The summed E-state index contributed by atoms with van der Waals surface area (Å²) in [6.45, 7) is 10.2. The number of allylic oxidation sites excluding steroid dienone is 1. The lowest BCUT2D eigenvalue weighted by atomic mass is 10.0. The van der Waals surface area contributed by atoms with Crippen LogP contribution in [-0.2, 0) is 4.79 Å². The van der Waals surface area contributed by atoms with Crippen LogP contribution in [0, 0.1) is 5.92 Å². The fourth-order valence-corrected chi connectivity index (χ4v) is 0.913. The van der Waals surface area contributed by atoms with Crippen LogP contribution in [0.15, 0.2) is 12.3 Å². The van der Waals surface area contributed by atoms with Gasteiger partial charge in [0.15, 0.2) is 0 Å². The second kappa shape index (κ2) is 5.81. The molecule has 0 aliphatic rings. The Morgan fingerprint density at radius 1 is 1.50 bits per heavy atom. The lowest BCUT2D eigenvalue weighted by Crippen LogP contribution is -2.14. The van der Waals surface area contributed by atoms with E-state index in [0.29, 0.717) is 0 Å². The van der Waals surface area contributed by atoms with Crippen LogP contribution in [0.2, 0.25) is 0 Å². The quantitative estimate of drug-likeness (QED) is 0.617. The Hall–Kier alpha value is -0.790. The minimum absolute atomic E-state index is 0.205. The molecule has 1 atom stereocenters. The molecule has 0 aliphatic heterocycles. The molecule has 0 spiro atoms. The summed E-state index contributed by atoms with van der Waals surface area (Å²) in [5.74, 6) is 0.488. The normalized spacial score (nSPS) is 12.2. The number of carbonyl (C=O) groups excluding carboxylic acids is 1. The highest BCUT2D eigenvalue weighted by atomic mass is 16.1. The van der Waals surface area contributed by atoms with E-state index in [-0.39, 0.29) is 11.7 Å². The van der Waals surface area contributed by atoms with Gasteiger partial charge in [-0.3, -0.25) is 4.79 Å². The molecule has 2 heteroatoms. The molecule has 70 valence electrons. The molecule has 0 aromatic carbocycles. The van der Waals surface area contributed by atoms with Crippen molar-refractivity contribution >= 4 is 5.78 Å². The van der Waals surface area contributed by atoms with E-state index in [9.17, 15) is 4.79 Å². The van der Waals surface area contributed by atoms with Gasteiger partial charge in [0.25, 0.3) is 0 Å². The zero-order valence-electron chi connectivity index (χ0n) is 8.31. The average Bonchev–Trinajstić information content (AvgIpc) is 1.97. The highest BCUT2D eigenvalue weighted by Gasteiger charge is 2.05. The number of nitrogens with one attached hydrogen (secondary N) is 1. The van der Waals surface area contributed by atoms with Crippen LogP contribution in [0.25, 0.3) is 0 Å². The highest BCUT2D eigenvalue weighted by Crippen LogP contribution is 2.05. The van der Waals surface area contributed by atoms with E-state index >= 15 is 0 Å². The zero-order valence-corrected chi connectivity index (χ0v) is 8.31. The first kappa shape index (κ1) is 11.2. The van der Waals surface area contributed by atoms with Crippen molar-refractivity contribution in [2.75, 3.05) is 6.54 Å². The number of hydrogen-bond acceptors (Lipinski definition) is 2. The Morgan fingerprint density at radius 3 is 2.50 bits per heavy atom. The molecule has 0 aliphatic carbocycles. The predicted octanol–water partition coefficient (Wildman–Crippen LogP) is 2.11. The Bertz CT molecular complexity index is 163. The van der Waals surface area contributed by atoms with Crippen LogP contribution in [0.3, 0.4) is 0 Å². The summed E-state index contributed by atoms with van der Waals surface area (Å²) in [5, 5.41) is 3.13. The van der Waals surface area contributed by atoms with Crippen molar-refractivity contribution in [3.8, 4) is 0 Å². The summed E-state index contributed by atoms with van der Waals surface area (Å²) in [4.78, 5) is 10.8. The minimum Gasteiger partial charge on any atom is -0.389 e. The molecule has 0 rings (SSSR count). The third kappa shape index (κ3) is 5.96. The number of carbonyl (C=O) groups is 1. The van der Waals surface area contributed by atoms with Crippen molar-refractivity contribution in [1.82, 2.24) is 5.32 Å². The van der Waals surface area contributed by atoms with Gasteiger partial charge in [0.05, 0.1) is 0 Å². The summed E-state index contributed by atoms with van der Waals surface area (Å²) < 4.78 is 0. The largest absolute Gasteiger partial charge is 0.389 e. The van der Waals surface area contributed by atoms with E-state index in [1.54, 1.807) is 6.92 Å². The van der Waals surface area contributed by atoms with Gasteiger partial charge in [0.2, 0.25) is 0 Å². The summed E-state index contributed by atoms with van der Waals surface area (Å²) >= 11 is 0. The van der Waals surface area contributed by atoms with Gasteiger partial charge in [0, 0.05) is 18.2 Å². The van der Waals surface area contributed by atoms with Crippen LogP contribution < -0.4 is 5.32 Å². The van der Waals surface area contributed by atoms with Crippen LogP contribution in [0.4, 0.5) is 0 Å². The average molecular weight is 169 g/mol. The van der Waals surface area contributed by atoms with E-state index in [0.717, 1.165) is 25.1 Å². The van der Waals surface area contributed by atoms with Crippen molar-refractivity contribution < 1.29 is 4.79 Å². The lowest BCUT2D eigenvalue weighted by Gasteiger charge is -2.08. The first-order valence-corrected chi connectivity index (χ1v) is 4.44. The van der Waals surface area contributed by atoms with Gasteiger partial charge in [-0.15, -0.1) is 0 Å². The maximum Gasteiger partial charge on any atom is 0.132 e. The Labute approximate surface area is 75.0 Å². The lowest BCUT2D eigenvalue weighted by molar-refractivity contribution is -0.120. The number of Topliss-reactive ketones (excluding diaryl/α,β-unsaturated/α-hetero) is 1. The van der Waals surface area contributed by atoms with Gasteiger partial charge in [-0.25, -0.2) is 0 Å². The maximum atomic E-state index is 10.8. The summed E-state index contributed by atoms with van der Waals surface area (Å²) in [7, 11) is 0. The third-order valence-electron chi connectivity index (χ3n) is 1.93. The zero-order chi connectivity index (χ0) is 9.56. The first-order chi connectivity index (χ1) is 5.54.